The summed E-state index contributed by atoms with van der Waals surface area (Å²) >= 11 is 0. The first kappa shape index (κ1) is 13.2. The Bertz CT molecular complexity index is 583. The monoisotopic (exact) mass is 273 g/mol. The zero-order valence-corrected chi connectivity index (χ0v) is 12.3. The first-order chi connectivity index (χ1) is 9.61. The van der Waals surface area contributed by atoms with Gasteiger partial charge in [-0.05, 0) is 57.1 Å². The zero-order chi connectivity index (χ0) is 14.1. The number of hydrogen-bond donors (Lipinski definition) is 2. The molecule has 2 aromatic rings. The van der Waals surface area contributed by atoms with E-state index in [2.05, 4.69) is 33.9 Å². The molecule has 0 spiro atoms. The molecule has 0 bridgehead atoms. The maximum Gasteiger partial charge on any atom is 0.203 e. The Kier molecular flexibility index (Phi) is 3.53. The summed E-state index contributed by atoms with van der Waals surface area (Å²) in [5.41, 5.74) is 8.56. The maximum atomic E-state index is 5.81. The SMILES string of the molecule is CN1CCC(CN(C)c2nc3ccc(N)cc3[nH]2)CC1. The molecule has 1 fully saturated rings. The number of anilines is 2. The molecule has 0 atom stereocenters. The molecule has 0 saturated carbocycles. The lowest BCUT2D eigenvalue weighted by Crippen LogP contribution is -2.36. The van der Waals surface area contributed by atoms with Crippen LogP contribution in [0.1, 0.15) is 12.8 Å². The molecule has 1 aliphatic rings. The predicted octanol–water partition coefficient (Wildman–Crippen LogP) is 1.92. The topological polar surface area (TPSA) is 61.2 Å². The van der Waals surface area contributed by atoms with Gasteiger partial charge < -0.3 is 20.5 Å². The second-order valence-electron chi connectivity index (χ2n) is 5.96. The average Bonchev–Trinajstić information content (AvgIpc) is 2.84. The predicted molar refractivity (Wildman–Crippen MR) is 84.0 cm³/mol. The lowest BCUT2D eigenvalue weighted by molar-refractivity contribution is 0.222. The van der Waals surface area contributed by atoms with Crippen molar-refractivity contribution < 1.29 is 0 Å². The molecule has 0 amide bonds. The summed E-state index contributed by atoms with van der Waals surface area (Å²) in [5, 5.41) is 0. The Hall–Kier alpha value is -1.75. The molecule has 108 valence electrons. The number of rotatable bonds is 3. The smallest absolute Gasteiger partial charge is 0.203 e. The van der Waals surface area contributed by atoms with Gasteiger partial charge in [0.15, 0.2) is 0 Å². The van der Waals surface area contributed by atoms with E-state index >= 15 is 0 Å². The van der Waals surface area contributed by atoms with E-state index in [4.69, 9.17) is 5.73 Å². The number of nitrogens with zero attached hydrogens (tertiary/aromatic N) is 3. The number of benzene rings is 1. The highest BCUT2D eigenvalue weighted by molar-refractivity contribution is 5.80. The van der Waals surface area contributed by atoms with E-state index in [1.807, 2.05) is 18.2 Å². The lowest BCUT2D eigenvalue weighted by atomic mass is 9.97. The molecule has 1 aromatic heterocycles. The van der Waals surface area contributed by atoms with E-state index < -0.39 is 0 Å². The van der Waals surface area contributed by atoms with Gasteiger partial charge in [-0.1, -0.05) is 0 Å². The first-order valence-electron chi connectivity index (χ1n) is 7.27. The van der Waals surface area contributed by atoms with Crippen molar-refractivity contribution in [2.24, 2.45) is 5.92 Å². The Labute approximate surface area is 119 Å². The molecule has 1 saturated heterocycles. The molecule has 2 heterocycles. The summed E-state index contributed by atoms with van der Waals surface area (Å²) in [4.78, 5) is 12.6. The van der Waals surface area contributed by atoms with Gasteiger partial charge in [-0.2, -0.15) is 0 Å². The molecule has 3 rings (SSSR count). The number of likely N-dealkylation sites (tertiary alicyclic amines) is 1. The summed E-state index contributed by atoms with van der Waals surface area (Å²) in [6.45, 7) is 3.47. The van der Waals surface area contributed by atoms with E-state index in [-0.39, 0.29) is 0 Å². The van der Waals surface area contributed by atoms with Crippen LogP contribution in [-0.4, -0.2) is 48.6 Å². The van der Waals surface area contributed by atoms with E-state index in [1.54, 1.807) is 0 Å². The van der Waals surface area contributed by atoms with Crippen LogP contribution in [0.15, 0.2) is 18.2 Å². The average molecular weight is 273 g/mol. The normalized spacial score (nSPS) is 17.7. The maximum absolute atomic E-state index is 5.81. The highest BCUT2D eigenvalue weighted by atomic mass is 15.2. The van der Waals surface area contributed by atoms with Gasteiger partial charge in [-0.15, -0.1) is 0 Å². The fourth-order valence-electron chi connectivity index (χ4n) is 2.91. The van der Waals surface area contributed by atoms with Crippen molar-refractivity contribution in [3.8, 4) is 0 Å². The second kappa shape index (κ2) is 5.32. The molecule has 3 N–H and O–H groups in total. The quantitative estimate of drug-likeness (QED) is 0.839. The number of nitrogens with one attached hydrogen (secondary N) is 1. The van der Waals surface area contributed by atoms with Gasteiger partial charge in [0, 0.05) is 19.3 Å². The Morgan fingerprint density at radius 1 is 1.40 bits per heavy atom. The van der Waals surface area contributed by atoms with Crippen molar-refractivity contribution in [1.29, 1.82) is 0 Å². The van der Waals surface area contributed by atoms with Crippen LogP contribution in [0.2, 0.25) is 0 Å². The van der Waals surface area contributed by atoms with Gasteiger partial charge in [0.2, 0.25) is 5.95 Å². The molecule has 0 aliphatic carbocycles. The molecule has 0 radical (unpaired) electrons. The number of aromatic nitrogens is 2. The van der Waals surface area contributed by atoms with Crippen LogP contribution < -0.4 is 10.6 Å². The molecule has 0 unspecified atom stereocenters. The van der Waals surface area contributed by atoms with Gasteiger partial charge >= 0.3 is 0 Å². The Morgan fingerprint density at radius 2 is 2.15 bits per heavy atom. The third-order valence-electron chi connectivity index (χ3n) is 4.23. The van der Waals surface area contributed by atoms with Crippen LogP contribution in [0.5, 0.6) is 0 Å². The van der Waals surface area contributed by atoms with Crippen LogP contribution >= 0.6 is 0 Å². The number of piperidine rings is 1. The molecule has 1 aliphatic heterocycles. The highest BCUT2D eigenvalue weighted by Crippen LogP contribution is 2.22. The Morgan fingerprint density at radius 3 is 2.90 bits per heavy atom. The molecule has 20 heavy (non-hydrogen) atoms. The van der Waals surface area contributed by atoms with Crippen LogP contribution in [0.4, 0.5) is 11.6 Å². The summed E-state index contributed by atoms with van der Waals surface area (Å²) < 4.78 is 0. The van der Waals surface area contributed by atoms with Crippen molar-refractivity contribution in [3.05, 3.63) is 18.2 Å². The minimum absolute atomic E-state index is 0.759. The third-order valence-corrected chi connectivity index (χ3v) is 4.23. The first-order valence-corrected chi connectivity index (χ1v) is 7.27. The summed E-state index contributed by atoms with van der Waals surface area (Å²) in [6, 6.07) is 5.80. The van der Waals surface area contributed by atoms with Gasteiger partial charge in [0.25, 0.3) is 0 Å². The van der Waals surface area contributed by atoms with Gasteiger partial charge in [-0.25, -0.2) is 4.98 Å². The van der Waals surface area contributed by atoms with Crippen LogP contribution in [0, 0.1) is 5.92 Å². The van der Waals surface area contributed by atoms with Crippen molar-refractivity contribution in [1.82, 2.24) is 14.9 Å². The fraction of sp³-hybridized carbons (Fsp3) is 0.533. The van der Waals surface area contributed by atoms with Crippen LogP contribution in [0.3, 0.4) is 0 Å². The number of nitrogens with two attached hydrogens (primary N) is 1. The second-order valence-corrected chi connectivity index (χ2v) is 5.96. The molecule has 1 aromatic carbocycles. The van der Waals surface area contributed by atoms with E-state index in [9.17, 15) is 0 Å². The zero-order valence-electron chi connectivity index (χ0n) is 12.3. The summed E-state index contributed by atoms with van der Waals surface area (Å²) in [6.07, 6.45) is 2.54. The van der Waals surface area contributed by atoms with Crippen LogP contribution in [-0.2, 0) is 0 Å². The highest BCUT2D eigenvalue weighted by Gasteiger charge is 2.19. The number of fused-ring (bicyclic) bond motifs is 1. The van der Waals surface area contributed by atoms with Gasteiger partial charge in [0.05, 0.1) is 11.0 Å². The minimum atomic E-state index is 0.759. The van der Waals surface area contributed by atoms with Crippen LogP contribution in [0.25, 0.3) is 11.0 Å². The minimum Gasteiger partial charge on any atom is -0.399 e. The summed E-state index contributed by atoms with van der Waals surface area (Å²) in [5.74, 6) is 1.69. The van der Waals surface area contributed by atoms with Gasteiger partial charge in [-0.3, -0.25) is 0 Å². The van der Waals surface area contributed by atoms with Gasteiger partial charge in [0.1, 0.15) is 0 Å². The largest absolute Gasteiger partial charge is 0.399 e. The van der Waals surface area contributed by atoms with E-state index in [1.165, 1.54) is 25.9 Å². The number of imidazole rings is 1. The van der Waals surface area contributed by atoms with Crippen molar-refractivity contribution in [3.63, 3.8) is 0 Å². The lowest BCUT2D eigenvalue weighted by Gasteiger charge is -2.31. The molecular formula is C15H23N5. The van der Waals surface area contributed by atoms with Crippen molar-refractivity contribution in [2.75, 3.05) is 44.4 Å². The third kappa shape index (κ3) is 2.72. The van der Waals surface area contributed by atoms with E-state index in [0.29, 0.717) is 0 Å². The number of hydrogen-bond acceptors (Lipinski definition) is 4. The number of aromatic amines is 1. The Balaban J connectivity index is 1.70. The number of nitrogen functional groups attached to an aromatic ring is 1. The molecular weight excluding hydrogens is 250 g/mol. The fourth-order valence-corrected chi connectivity index (χ4v) is 2.91. The van der Waals surface area contributed by atoms with Crippen molar-refractivity contribution >= 4 is 22.7 Å². The molecule has 5 nitrogen and oxygen atoms in total. The van der Waals surface area contributed by atoms with Crippen molar-refractivity contribution in [2.45, 2.75) is 12.8 Å². The standard InChI is InChI=1S/C15H23N5/c1-19-7-5-11(6-8-19)10-20(2)15-17-13-4-3-12(16)9-14(13)18-15/h3-4,9,11H,5-8,10,16H2,1-2H3,(H,17,18). The molecule has 5 heteroatoms. The summed E-state index contributed by atoms with van der Waals surface area (Å²) in [7, 11) is 4.31. The van der Waals surface area contributed by atoms with E-state index in [0.717, 1.165) is 35.1 Å². The number of H-pyrrole nitrogens is 1.